The van der Waals surface area contributed by atoms with E-state index in [9.17, 15) is 19.2 Å². The van der Waals surface area contributed by atoms with Crippen LogP contribution in [0.25, 0.3) is 0 Å². The quantitative estimate of drug-likeness (QED) is 0.286. The molecule has 9 heteroatoms. The van der Waals surface area contributed by atoms with E-state index in [4.69, 9.17) is 4.74 Å². The summed E-state index contributed by atoms with van der Waals surface area (Å²) >= 11 is 0. The molecule has 3 fully saturated rings. The lowest BCUT2D eigenvalue weighted by atomic mass is 9.95. The van der Waals surface area contributed by atoms with E-state index in [0.29, 0.717) is 18.5 Å². The Labute approximate surface area is 253 Å². The largest absolute Gasteiger partial charge is 0.461 e. The predicted octanol–water partition coefficient (Wildman–Crippen LogP) is 4.30. The lowest BCUT2D eigenvalue weighted by Crippen LogP contribution is -2.58. The number of carbonyl (C=O) groups is 4. The summed E-state index contributed by atoms with van der Waals surface area (Å²) in [5.41, 5.74) is 0.508. The Morgan fingerprint density at radius 2 is 1.45 bits per heavy atom. The minimum atomic E-state index is -0.669. The summed E-state index contributed by atoms with van der Waals surface area (Å²) in [5, 5.41) is 3.10. The van der Waals surface area contributed by atoms with Gasteiger partial charge in [-0.1, -0.05) is 40.2 Å². The third-order valence-corrected chi connectivity index (χ3v) is 9.35. The highest BCUT2D eigenvalue weighted by Crippen LogP contribution is 2.27. The Hall–Kier alpha value is -2.42. The minimum Gasteiger partial charge on any atom is -0.461 e. The molecule has 1 N–H and O–H groups in total. The smallest absolute Gasteiger partial charge is 0.329 e. The Balaban J connectivity index is 1.72. The van der Waals surface area contributed by atoms with Crippen molar-refractivity contribution in [1.29, 1.82) is 0 Å². The third kappa shape index (κ3) is 8.35. The number of carbonyl (C=O) groups excluding carboxylic acids is 4. The van der Waals surface area contributed by atoms with E-state index in [2.05, 4.69) is 24.1 Å². The maximum atomic E-state index is 13.9. The van der Waals surface area contributed by atoms with Crippen molar-refractivity contribution >= 4 is 23.7 Å². The Morgan fingerprint density at radius 1 is 0.833 bits per heavy atom. The molecule has 2 heterocycles. The van der Waals surface area contributed by atoms with Crippen LogP contribution in [0.15, 0.2) is 11.6 Å². The van der Waals surface area contributed by atoms with Crippen molar-refractivity contribution < 1.29 is 23.9 Å². The zero-order valence-electron chi connectivity index (χ0n) is 27.4. The van der Waals surface area contributed by atoms with E-state index in [0.717, 1.165) is 57.9 Å². The molecule has 1 unspecified atom stereocenters. The first kappa shape index (κ1) is 34.1. The number of likely N-dealkylation sites (N-methyl/N-ethyl adjacent to an activating group) is 1. The SMILES string of the molecule is C/C(=C\[C@H](C(C)C)N(C)C(=O)[C@@H](NC(=O)C1CCCCN1C(C)C)C(C)C)C(=O)N1CCC[C@H]1C(=O)OC1CCCC1. The standard InChI is InChI=1S/C33H56N4O5/c1-21(2)28(20-24(7)31(39)37-19-13-17-27(37)33(41)42-25-14-9-10-15-25)35(8)32(40)29(22(3)4)34-30(38)26-16-11-12-18-36(26)23(5)6/h20-23,25-29H,9-19H2,1-8H3,(H,34,38)/b24-20+/t26?,27-,28+,29-/m0/s1. The normalized spacial score (nSPS) is 23.9. The summed E-state index contributed by atoms with van der Waals surface area (Å²) in [6, 6.07) is -1.55. The fraction of sp³-hybridized carbons (Fsp3) is 0.818. The van der Waals surface area contributed by atoms with Gasteiger partial charge < -0.3 is 19.9 Å². The lowest BCUT2D eigenvalue weighted by molar-refractivity contribution is -0.157. The van der Waals surface area contributed by atoms with Gasteiger partial charge in [0.05, 0.1) is 12.1 Å². The molecule has 4 atom stereocenters. The molecule has 3 aliphatic rings. The second-order valence-electron chi connectivity index (χ2n) is 13.6. The van der Waals surface area contributed by atoms with Gasteiger partial charge in [-0.25, -0.2) is 4.79 Å². The molecule has 0 aromatic rings. The summed E-state index contributed by atoms with van der Waals surface area (Å²) in [4.78, 5) is 59.4. The molecule has 1 aliphatic carbocycles. The van der Waals surface area contributed by atoms with Crippen LogP contribution in [-0.4, -0.2) is 94.8 Å². The molecule has 0 radical (unpaired) electrons. The summed E-state index contributed by atoms with van der Waals surface area (Å²) < 4.78 is 5.75. The van der Waals surface area contributed by atoms with Crippen molar-refractivity contribution in [2.24, 2.45) is 11.8 Å². The van der Waals surface area contributed by atoms with E-state index < -0.39 is 12.1 Å². The topological polar surface area (TPSA) is 99.3 Å². The second kappa shape index (κ2) is 15.3. The first-order valence-electron chi connectivity index (χ1n) is 16.4. The van der Waals surface area contributed by atoms with Gasteiger partial charge in [0.1, 0.15) is 18.2 Å². The molecule has 1 saturated carbocycles. The van der Waals surface area contributed by atoms with E-state index in [1.165, 1.54) is 0 Å². The van der Waals surface area contributed by atoms with Crippen LogP contribution in [-0.2, 0) is 23.9 Å². The zero-order chi connectivity index (χ0) is 31.1. The molecule has 3 amide bonds. The number of esters is 1. The molecule has 9 nitrogen and oxygen atoms in total. The summed E-state index contributed by atoms with van der Waals surface area (Å²) in [6.07, 6.45) is 10.0. The highest BCUT2D eigenvalue weighted by molar-refractivity contribution is 5.96. The van der Waals surface area contributed by atoms with E-state index in [-0.39, 0.29) is 59.8 Å². The first-order chi connectivity index (χ1) is 19.8. The molecule has 0 spiro atoms. The number of piperidine rings is 1. The van der Waals surface area contributed by atoms with E-state index >= 15 is 0 Å². The maximum absolute atomic E-state index is 13.9. The van der Waals surface area contributed by atoms with Crippen molar-refractivity contribution in [1.82, 2.24) is 20.0 Å². The van der Waals surface area contributed by atoms with Crippen LogP contribution in [0.4, 0.5) is 0 Å². The van der Waals surface area contributed by atoms with Gasteiger partial charge in [-0.05, 0) is 90.5 Å². The number of hydrogen-bond acceptors (Lipinski definition) is 6. The molecule has 2 aliphatic heterocycles. The van der Waals surface area contributed by atoms with Gasteiger partial charge in [0, 0.05) is 25.2 Å². The van der Waals surface area contributed by atoms with Crippen LogP contribution in [0.1, 0.15) is 106 Å². The van der Waals surface area contributed by atoms with Gasteiger partial charge >= 0.3 is 5.97 Å². The Bertz CT molecular complexity index is 987. The van der Waals surface area contributed by atoms with Crippen LogP contribution in [0, 0.1) is 11.8 Å². The molecule has 238 valence electrons. The predicted molar refractivity (Wildman–Crippen MR) is 164 cm³/mol. The summed E-state index contributed by atoms with van der Waals surface area (Å²) in [5.74, 6) is -0.807. The van der Waals surface area contributed by atoms with Gasteiger partial charge in [-0.3, -0.25) is 19.3 Å². The van der Waals surface area contributed by atoms with Gasteiger partial charge in [0.2, 0.25) is 17.7 Å². The zero-order valence-corrected chi connectivity index (χ0v) is 27.4. The van der Waals surface area contributed by atoms with Crippen LogP contribution in [0.5, 0.6) is 0 Å². The highest BCUT2D eigenvalue weighted by atomic mass is 16.5. The van der Waals surface area contributed by atoms with Crippen LogP contribution < -0.4 is 5.32 Å². The lowest BCUT2D eigenvalue weighted by Gasteiger charge is -2.39. The average Bonchev–Trinajstić information content (AvgIpc) is 3.65. The monoisotopic (exact) mass is 588 g/mol. The maximum Gasteiger partial charge on any atom is 0.329 e. The van der Waals surface area contributed by atoms with Crippen molar-refractivity contribution in [2.75, 3.05) is 20.1 Å². The summed E-state index contributed by atoms with van der Waals surface area (Å²) in [6.45, 7) is 15.3. The number of rotatable bonds is 11. The number of ether oxygens (including phenoxy) is 1. The second-order valence-corrected chi connectivity index (χ2v) is 13.6. The average molecular weight is 589 g/mol. The molecular formula is C33H56N4O5. The Kier molecular flexibility index (Phi) is 12.5. The van der Waals surface area contributed by atoms with Crippen LogP contribution >= 0.6 is 0 Å². The van der Waals surface area contributed by atoms with Gasteiger partial charge in [0.25, 0.3) is 0 Å². The van der Waals surface area contributed by atoms with Gasteiger partial charge in [0.15, 0.2) is 0 Å². The molecular weight excluding hydrogens is 532 g/mol. The van der Waals surface area contributed by atoms with Crippen molar-refractivity contribution in [3.05, 3.63) is 11.6 Å². The Morgan fingerprint density at radius 3 is 2.05 bits per heavy atom. The van der Waals surface area contributed by atoms with Gasteiger partial charge in [-0.15, -0.1) is 0 Å². The van der Waals surface area contributed by atoms with Gasteiger partial charge in [-0.2, -0.15) is 0 Å². The molecule has 2 saturated heterocycles. The minimum absolute atomic E-state index is 0.0293. The fourth-order valence-corrected chi connectivity index (χ4v) is 6.79. The van der Waals surface area contributed by atoms with E-state index in [1.54, 1.807) is 23.8 Å². The van der Waals surface area contributed by atoms with Crippen LogP contribution in [0.2, 0.25) is 0 Å². The number of nitrogens with one attached hydrogen (secondary N) is 1. The number of amides is 3. The van der Waals surface area contributed by atoms with Crippen molar-refractivity contribution in [2.45, 2.75) is 143 Å². The third-order valence-electron chi connectivity index (χ3n) is 9.35. The first-order valence-corrected chi connectivity index (χ1v) is 16.4. The fourth-order valence-electron chi connectivity index (χ4n) is 6.79. The number of nitrogens with zero attached hydrogens (tertiary/aromatic N) is 3. The van der Waals surface area contributed by atoms with Crippen molar-refractivity contribution in [3.63, 3.8) is 0 Å². The summed E-state index contributed by atoms with van der Waals surface area (Å²) in [7, 11) is 1.75. The van der Waals surface area contributed by atoms with Crippen molar-refractivity contribution in [3.8, 4) is 0 Å². The molecule has 42 heavy (non-hydrogen) atoms. The number of hydrogen-bond donors (Lipinski definition) is 1. The highest BCUT2D eigenvalue weighted by Gasteiger charge is 2.39. The number of likely N-dealkylation sites (tertiary alicyclic amines) is 2. The van der Waals surface area contributed by atoms with E-state index in [1.807, 2.05) is 33.8 Å². The molecule has 0 aromatic heterocycles. The molecule has 0 bridgehead atoms. The molecule has 3 rings (SSSR count). The van der Waals surface area contributed by atoms with Crippen LogP contribution in [0.3, 0.4) is 0 Å². The molecule has 0 aromatic carbocycles.